The number of Topliss-reactive ketones (excluding diaryl/α,β-unsaturated/α-hetero) is 3. The molecule has 0 spiro atoms. The van der Waals surface area contributed by atoms with Crippen molar-refractivity contribution in [1.29, 1.82) is 0 Å². The van der Waals surface area contributed by atoms with Crippen molar-refractivity contribution in [1.82, 2.24) is 0 Å². The Hall–Kier alpha value is -2.30. The Balaban J connectivity index is 2.62. The van der Waals surface area contributed by atoms with Crippen LogP contribution >= 0.6 is 0 Å². The largest absolute Gasteiger partial charge is 0.459 e. The fourth-order valence-electron chi connectivity index (χ4n) is 2.39. The van der Waals surface area contributed by atoms with E-state index in [4.69, 9.17) is 4.74 Å². The minimum atomic E-state index is -2.39. The van der Waals surface area contributed by atoms with E-state index < -0.39 is 34.3 Å². The lowest BCUT2D eigenvalue weighted by molar-refractivity contribution is -0.163. The molecule has 1 aliphatic rings. The lowest BCUT2D eigenvalue weighted by atomic mass is 9.79. The molecule has 0 amide bonds. The molecule has 1 aromatic carbocycles. The second-order valence-corrected chi connectivity index (χ2v) is 6.01. The van der Waals surface area contributed by atoms with Crippen LogP contribution in [0, 0.1) is 5.41 Å². The molecular weight excluding hydrogens is 272 g/mol. The van der Waals surface area contributed by atoms with Gasteiger partial charge in [0.2, 0.25) is 0 Å². The summed E-state index contributed by atoms with van der Waals surface area (Å²) in [6.45, 7) is 5.88. The highest BCUT2D eigenvalue weighted by Crippen LogP contribution is 2.39. The maximum Gasteiger partial charge on any atom is 0.336 e. The third-order valence-corrected chi connectivity index (χ3v) is 3.33. The number of ketones is 3. The van der Waals surface area contributed by atoms with E-state index in [1.54, 1.807) is 32.9 Å². The van der Waals surface area contributed by atoms with Crippen molar-refractivity contribution in [2.24, 2.45) is 5.41 Å². The highest BCUT2D eigenvalue weighted by molar-refractivity contribution is 6.48. The summed E-state index contributed by atoms with van der Waals surface area (Å²) < 4.78 is 5.16. The van der Waals surface area contributed by atoms with E-state index in [2.05, 4.69) is 0 Å². The number of fused-ring (bicyclic) bond motifs is 1. The monoisotopic (exact) mass is 288 g/mol. The number of carbonyl (C=O) groups excluding carboxylic acids is 4. The van der Waals surface area contributed by atoms with Crippen molar-refractivity contribution in [3.8, 4) is 0 Å². The summed E-state index contributed by atoms with van der Waals surface area (Å²) in [6, 6.07) is 6.03. The minimum absolute atomic E-state index is 0.0866. The molecule has 0 radical (unpaired) electrons. The number of ether oxygens (including phenoxy) is 1. The quantitative estimate of drug-likeness (QED) is 0.614. The normalized spacial score (nSPS) is 16.6. The van der Waals surface area contributed by atoms with Crippen LogP contribution < -0.4 is 0 Å². The van der Waals surface area contributed by atoms with E-state index >= 15 is 0 Å². The number of rotatable bonds is 2. The maximum absolute atomic E-state index is 12.6. The van der Waals surface area contributed by atoms with Gasteiger partial charge in [-0.15, -0.1) is 0 Å². The van der Waals surface area contributed by atoms with E-state index in [9.17, 15) is 19.2 Å². The number of hydrogen-bond acceptors (Lipinski definition) is 5. The number of carbonyl (C=O) groups is 4. The number of hydrogen-bond donors (Lipinski definition) is 0. The van der Waals surface area contributed by atoms with Crippen molar-refractivity contribution in [3.63, 3.8) is 0 Å². The third kappa shape index (κ3) is 2.09. The van der Waals surface area contributed by atoms with Crippen molar-refractivity contribution < 1.29 is 23.9 Å². The fourth-order valence-corrected chi connectivity index (χ4v) is 2.39. The summed E-state index contributed by atoms with van der Waals surface area (Å²) in [5.41, 5.74) is -3.13. The molecule has 0 aliphatic heterocycles. The molecule has 0 saturated heterocycles. The zero-order chi connectivity index (χ0) is 16.0. The van der Waals surface area contributed by atoms with Crippen LogP contribution in [0.5, 0.6) is 0 Å². The summed E-state index contributed by atoms with van der Waals surface area (Å²) in [7, 11) is 0. The smallest absolute Gasteiger partial charge is 0.336 e. The number of esters is 1. The highest BCUT2D eigenvalue weighted by Gasteiger charge is 2.63. The van der Waals surface area contributed by atoms with Crippen molar-refractivity contribution in [2.75, 3.05) is 0 Å². The molecule has 21 heavy (non-hydrogen) atoms. The second kappa shape index (κ2) is 4.62. The van der Waals surface area contributed by atoms with Gasteiger partial charge in [0, 0.05) is 11.1 Å². The van der Waals surface area contributed by atoms with Crippen molar-refractivity contribution in [3.05, 3.63) is 35.4 Å². The topological polar surface area (TPSA) is 77.5 Å². The van der Waals surface area contributed by atoms with Crippen LogP contribution in [0.2, 0.25) is 0 Å². The van der Waals surface area contributed by atoms with Crippen molar-refractivity contribution in [2.45, 2.75) is 33.3 Å². The first-order valence-electron chi connectivity index (χ1n) is 6.55. The molecular formula is C16H16O5. The van der Waals surface area contributed by atoms with E-state index in [-0.39, 0.29) is 11.1 Å². The van der Waals surface area contributed by atoms with Gasteiger partial charge in [0.1, 0.15) is 5.60 Å². The van der Waals surface area contributed by atoms with E-state index in [1.807, 2.05) is 0 Å². The SMILES string of the molecule is CC(=O)C1(C(=O)OC(C)(C)C)C(=O)c2ccccc2C1=O. The molecule has 5 heteroatoms. The third-order valence-electron chi connectivity index (χ3n) is 3.33. The molecule has 0 heterocycles. The predicted molar refractivity (Wildman–Crippen MR) is 74.1 cm³/mol. The predicted octanol–water partition coefficient (Wildman–Crippen LogP) is 1.98. The van der Waals surface area contributed by atoms with Gasteiger partial charge in [-0.1, -0.05) is 24.3 Å². The number of benzene rings is 1. The Morgan fingerprint density at radius 1 is 1.00 bits per heavy atom. The zero-order valence-electron chi connectivity index (χ0n) is 12.4. The van der Waals surface area contributed by atoms with Gasteiger partial charge >= 0.3 is 5.97 Å². The van der Waals surface area contributed by atoms with E-state index in [0.717, 1.165) is 6.92 Å². The standard InChI is InChI=1S/C16H16O5/c1-9(17)16(14(20)21-15(2,3)4)12(18)10-7-5-6-8-11(10)13(16)19/h5-8H,1-4H3. The first kappa shape index (κ1) is 15.1. The van der Waals surface area contributed by atoms with Gasteiger partial charge in [-0.05, 0) is 27.7 Å². The molecule has 0 bridgehead atoms. The molecule has 5 nitrogen and oxygen atoms in total. The first-order valence-corrected chi connectivity index (χ1v) is 6.55. The molecule has 0 atom stereocenters. The van der Waals surface area contributed by atoms with Gasteiger partial charge < -0.3 is 4.74 Å². The maximum atomic E-state index is 12.6. The van der Waals surface area contributed by atoms with Gasteiger partial charge in [-0.3, -0.25) is 14.4 Å². The molecule has 0 saturated carbocycles. The molecule has 1 aromatic rings. The summed E-state index contributed by atoms with van der Waals surface area (Å²) in [5.74, 6) is -3.52. The van der Waals surface area contributed by atoms with Crippen LogP contribution in [-0.2, 0) is 14.3 Å². The molecule has 110 valence electrons. The van der Waals surface area contributed by atoms with Gasteiger partial charge in [-0.25, -0.2) is 4.79 Å². The summed E-state index contributed by atoms with van der Waals surface area (Å²) in [6.07, 6.45) is 0. The highest BCUT2D eigenvalue weighted by atomic mass is 16.6. The van der Waals surface area contributed by atoms with Crippen LogP contribution in [0.3, 0.4) is 0 Å². The fraction of sp³-hybridized carbons (Fsp3) is 0.375. The molecule has 2 rings (SSSR count). The van der Waals surface area contributed by atoms with Crippen LogP contribution in [0.15, 0.2) is 24.3 Å². The zero-order valence-corrected chi connectivity index (χ0v) is 12.4. The van der Waals surface area contributed by atoms with E-state index in [1.165, 1.54) is 12.1 Å². The Bertz CT molecular complexity index is 628. The van der Waals surface area contributed by atoms with Crippen molar-refractivity contribution >= 4 is 23.3 Å². The van der Waals surface area contributed by atoms with Gasteiger partial charge in [0.05, 0.1) is 0 Å². The Morgan fingerprint density at radius 2 is 1.43 bits per heavy atom. The average Bonchev–Trinajstić information content (AvgIpc) is 2.58. The summed E-state index contributed by atoms with van der Waals surface area (Å²) in [5, 5.41) is 0. The Morgan fingerprint density at radius 3 is 1.76 bits per heavy atom. The lowest BCUT2D eigenvalue weighted by Crippen LogP contribution is -2.50. The van der Waals surface area contributed by atoms with Crippen LogP contribution in [0.4, 0.5) is 0 Å². The molecule has 0 N–H and O–H groups in total. The summed E-state index contributed by atoms with van der Waals surface area (Å²) in [4.78, 5) is 49.6. The van der Waals surface area contributed by atoms with Gasteiger partial charge in [-0.2, -0.15) is 0 Å². The second-order valence-electron chi connectivity index (χ2n) is 6.01. The van der Waals surface area contributed by atoms with Crippen LogP contribution in [0.1, 0.15) is 48.4 Å². The lowest BCUT2D eigenvalue weighted by Gasteiger charge is -2.27. The average molecular weight is 288 g/mol. The Kier molecular flexibility index (Phi) is 3.32. The van der Waals surface area contributed by atoms with Gasteiger partial charge in [0.25, 0.3) is 5.41 Å². The molecule has 0 unspecified atom stereocenters. The van der Waals surface area contributed by atoms with E-state index in [0.29, 0.717) is 0 Å². The Labute approximate surface area is 122 Å². The molecule has 0 fully saturated rings. The minimum Gasteiger partial charge on any atom is -0.459 e. The van der Waals surface area contributed by atoms with Crippen LogP contribution in [0.25, 0.3) is 0 Å². The summed E-state index contributed by atoms with van der Waals surface area (Å²) >= 11 is 0. The molecule has 1 aliphatic carbocycles. The van der Waals surface area contributed by atoms with Gasteiger partial charge in [0.15, 0.2) is 17.3 Å². The molecule has 0 aromatic heterocycles. The van der Waals surface area contributed by atoms with Crippen LogP contribution in [-0.4, -0.2) is 28.9 Å². The first-order chi connectivity index (χ1) is 9.62.